The van der Waals surface area contributed by atoms with E-state index in [4.69, 9.17) is 9.26 Å². The number of nitrogens with zero attached hydrogens (tertiary/aromatic N) is 4. The summed E-state index contributed by atoms with van der Waals surface area (Å²) < 4.78 is 10.9. The second-order valence-corrected chi connectivity index (χ2v) is 11.0. The topological polar surface area (TPSA) is 84.5 Å². The molecule has 1 aliphatic heterocycles. The number of aromatic nitrogens is 3. The van der Waals surface area contributed by atoms with Gasteiger partial charge in [-0.15, -0.1) is 0 Å². The Kier molecular flexibility index (Phi) is 5.62. The van der Waals surface area contributed by atoms with Gasteiger partial charge in [-0.3, -0.25) is 4.98 Å². The highest BCUT2D eigenvalue weighted by molar-refractivity contribution is 5.55. The highest BCUT2D eigenvalue weighted by atomic mass is 16.5. The van der Waals surface area contributed by atoms with Crippen LogP contribution in [0.3, 0.4) is 0 Å². The SMILES string of the molecule is COCC(C)(C)c1noc(-c2cncc(C(O)(c3ccc(C4CC4)cc3)C3(C)CN(C)C3)c2)n1. The first kappa shape index (κ1) is 23.1. The van der Waals surface area contributed by atoms with Crippen LogP contribution >= 0.6 is 0 Å². The molecule has 2 fully saturated rings. The van der Waals surface area contributed by atoms with E-state index in [1.54, 1.807) is 19.5 Å². The smallest absolute Gasteiger partial charge is 0.259 e. The number of ether oxygens (including phenoxy) is 1. The molecule has 2 aromatic heterocycles. The number of methoxy groups -OCH3 is 1. The Morgan fingerprint density at radius 2 is 1.85 bits per heavy atom. The Morgan fingerprint density at radius 3 is 2.47 bits per heavy atom. The minimum Gasteiger partial charge on any atom is -0.384 e. The van der Waals surface area contributed by atoms with Gasteiger partial charge in [-0.25, -0.2) is 0 Å². The second-order valence-electron chi connectivity index (χ2n) is 11.0. The molecule has 7 heteroatoms. The monoisotopic (exact) mass is 462 g/mol. The zero-order chi connectivity index (χ0) is 24.1. The van der Waals surface area contributed by atoms with Gasteiger partial charge in [0.1, 0.15) is 5.60 Å². The molecule has 1 N–H and O–H groups in total. The number of hydrogen-bond donors (Lipinski definition) is 1. The molecule has 3 heterocycles. The maximum Gasteiger partial charge on any atom is 0.259 e. The van der Waals surface area contributed by atoms with Crippen LogP contribution < -0.4 is 0 Å². The van der Waals surface area contributed by atoms with E-state index in [9.17, 15) is 5.11 Å². The molecule has 0 radical (unpaired) electrons. The van der Waals surface area contributed by atoms with Crippen molar-refractivity contribution >= 4 is 0 Å². The number of rotatable bonds is 8. The van der Waals surface area contributed by atoms with E-state index < -0.39 is 5.60 Å². The lowest BCUT2D eigenvalue weighted by atomic mass is 9.62. The van der Waals surface area contributed by atoms with Crippen molar-refractivity contribution in [1.29, 1.82) is 0 Å². The fourth-order valence-electron chi connectivity index (χ4n) is 5.45. The zero-order valence-corrected chi connectivity index (χ0v) is 20.7. The van der Waals surface area contributed by atoms with Gasteiger partial charge in [0, 0.05) is 43.6 Å². The van der Waals surface area contributed by atoms with Gasteiger partial charge < -0.3 is 19.3 Å². The van der Waals surface area contributed by atoms with Crippen LogP contribution in [-0.2, 0) is 15.8 Å². The first-order valence-corrected chi connectivity index (χ1v) is 12.0. The maximum absolute atomic E-state index is 12.4. The predicted molar refractivity (Wildman–Crippen MR) is 129 cm³/mol. The van der Waals surface area contributed by atoms with Gasteiger partial charge in [0.25, 0.3) is 5.89 Å². The van der Waals surface area contributed by atoms with Crippen LogP contribution in [0.25, 0.3) is 11.5 Å². The van der Waals surface area contributed by atoms with Gasteiger partial charge in [0.05, 0.1) is 17.6 Å². The Labute approximate surface area is 201 Å². The first-order chi connectivity index (χ1) is 16.2. The van der Waals surface area contributed by atoms with Crippen LogP contribution in [0.5, 0.6) is 0 Å². The van der Waals surface area contributed by atoms with E-state index in [-0.39, 0.29) is 10.8 Å². The summed E-state index contributed by atoms with van der Waals surface area (Å²) in [6, 6.07) is 10.4. The van der Waals surface area contributed by atoms with Crippen molar-refractivity contribution in [2.75, 3.05) is 33.9 Å². The molecule has 1 atom stereocenters. The molecule has 1 aliphatic carbocycles. The lowest BCUT2D eigenvalue weighted by molar-refractivity contribution is -0.127. The largest absolute Gasteiger partial charge is 0.384 e. The summed E-state index contributed by atoms with van der Waals surface area (Å²) >= 11 is 0. The fourth-order valence-corrected chi connectivity index (χ4v) is 5.45. The van der Waals surface area contributed by atoms with Crippen molar-refractivity contribution in [3.8, 4) is 11.5 Å². The summed E-state index contributed by atoms with van der Waals surface area (Å²) in [6.07, 6.45) is 5.97. The highest BCUT2D eigenvalue weighted by Crippen LogP contribution is 2.51. The Balaban J connectivity index is 1.54. The molecule has 1 aromatic carbocycles. The normalized spacial score (nSPS) is 20.1. The molecular formula is C27H34N4O3. The summed E-state index contributed by atoms with van der Waals surface area (Å²) in [5.41, 5.74) is 1.72. The summed E-state index contributed by atoms with van der Waals surface area (Å²) in [5, 5.41) is 16.6. The van der Waals surface area contributed by atoms with Crippen molar-refractivity contribution in [3.63, 3.8) is 0 Å². The van der Waals surface area contributed by atoms with E-state index in [1.165, 1.54) is 18.4 Å². The molecule has 1 saturated heterocycles. The Bertz CT molecular complexity index is 1160. The number of hydrogen-bond acceptors (Lipinski definition) is 7. The summed E-state index contributed by atoms with van der Waals surface area (Å²) in [7, 11) is 3.74. The van der Waals surface area contributed by atoms with Crippen LogP contribution in [0.2, 0.25) is 0 Å². The van der Waals surface area contributed by atoms with E-state index >= 15 is 0 Å². The van der Waals surface area contributed by atoms with Gasteiger partial charge in [0.2, 0.25) is 0 Å². The predicted octanol–water partition coefficient (Wildman–Crippen LogP) is 4.12. The van der Waals surface area contributed by atoms with Gasteiger partial charge in [-0.1, -0.05) is 50.2 Å². The van der Waals surface area contributed by atoms with Crippen LogP contribution in [0.4, 0.5) is 0 Å². The molecule has 5 rings (SSSR count). The van der Waals surface area contributed by atoms with Crippen LogP contribution in [0.1, 0.15) is 62.0 Å². The molecule has 7 nitrogen and oxygen atoms in total. The van der Waals surface area contributed by atoms with E-state index in [1.807, 2.05) is 19.9 Å². The third-order valence-corrected chi connectivity index (χ3v) is 7.43. The molecule has 2 aliphatic rings. The molecule has 1 saturated carbocycles. The summed E-state index contributed by atoms with van der Waals surface area (Å²) in [6.45, 7) is 8.22. The van der Waals surface area contributed by atoms with E-state index in [0.717, 1.165) is 24.2 Å². The molecule has 0 spiro atoms. The minimum absolute atomic E-state index is 0.358. The maximum atomic E-state index is 12.4. The Hall–Kier alpha value is -2.61. The first-order valence-electron chi connectivity index (χ1n) is 12.0. The van der Waals surface area contributed by atoms with Gasteiger partial charge in [-0.2, -0.15) is 4.98 Å². The van der Waals surface area contributed by atoms with Crippen molar-refractivity contribution in [2.45, 2.75) is 50.5 Å². The standard InChI is InChI=1S/C27H34N4O3/c1-25(2,17-33-5)24-29-23(34-30-24)20-12-22(14-28-13-20)27(32,26(3)15-31(4)16-26)21-10-8-19(9-11-21)18-6-7-18/h8-14,18,32H,6-7,15-17H2,1-5H3. The molecule has 3 aromatic rings. The molecule has 0 bridgehead atoms. The fraction of sp³-hybridized carbons (Fsp3) is 0.519. The number of likely N-dealkylation sites (tertiary alicyclic amines) is 1. The quantitative estimate of drug-likeness (QED) is 0.539. The van der Waals surface area contributed by atoms with E-state index in [2.05, 4.69) is 58.3 Å². The number of aliphatic hydroxyl groups is 1. The van der Waals surface area contributed by atoms with Crippen LogP contribution in [0.15, 0.2) is 47.2 Å². The molecule has 1 unspecified atom stereocenters. The number of benzene rings is 1. The molecular weight excluding hydrogens is 428 g/mol. The second kappa shape index (κ2) is 8.26. The van der Waals surface area contributed by atoms with Gasteiger partial charge in [-0.05, 0) is 43.0 Å². The lowest BCUT2D eigenvalue weighted by Gasteiger charge is -2.55. The zero-order valence-electron chi connectivity index (χ0n) is 20.7. The molecule has 0 amide bonds. The summed E-state index contributed by atoms with van der Waals surface area (Å²) in [4.78, 5) is 11.3. The third kappa shape index (κ3) is 3.85. The molecule has 180 valence electrons. The van der Waals surface area contributed by atoms with E-state index in [0.29, 0.717) is 29.8 Å². The van der Waals surface area contributed by atoms with Gasteiger partial charge >= 0.3 is 0 Å². The minimum atomic E-state index is -1.21. The van der Waals surface area contributed by atoms with Crippen molar-refractivity contribution < 1.29 is 14.4 Å². The van der Waals surface area contributed by atoms with Crippen molar-refractivity contribution in [2.24, 2.45) is 5.41 Å². The van der Waals surface area contributed by atoms with Crippen LogP contribution in [0, 0.1) is 5.41 Å². The highest BCUT2D eigenvalue weighted by Gasteiger charge is 2.55. The van der Waals surface area contributed by atoms with Crippen molar-refractivity contribution in [1.82, 2.24) is 20.0 Å². The van der Waals surface area contributed by atoms with Crippen molar-refractivity contribution in [3.05, 3.63) is 65.2 Å². The van der Waals surface area contributed by atoms with Gasteiger partial charge in [0.15, 0.2) is 5.82 Å². The third-order valence-electron chi connectivity index (χ3n) is 7.43. The Morgan fingerprint density at radius 1 is 1.15 bits per heavy atom. The average molecular weight is 463 g/mol. The molecule has 34 heavy (non-hydrogen) atoms. The summed E-state index contributed by atoms with van der Waals surface area (Å²) in [5.74, 6) is 1.63. The lowest BCUT2D eigenvalue weighted by Crippen LogP contribution is -2.63. The van der Waals surface area contributed by atoms with Crippen LogP contribution in [-0.4, -0.2) is 59.0 Å². The number of pyridine rings is 1. The average Bonchev–Trinajstić information content (AvgIpc) is 3.53.